The molecule has 6 heteroatoms. The molecule has 2 rings (SSSR count). The SMILES string of the molecule is COC1CCCC1NS(=O)(=O)c1ccc(CCO)cc1. The van der Waals surface area contributed by atoms with E-state index in [1.165, 1.54) is 0 Å². The summed E-state index contributed by atoms with van der Waals surface area (Å²) in [5.41, 5.74) is 0.919. The van der Waals surface area contributed by atoms with Crippen molar-refractivity contribution in [1.82, 2.24) is 4.72 Å². The van der Waals surface area contributed by atoms with Crippen LogP contribution in [0.25, 0.3) is 0 Å². The standard InChI is InChI=1S/C14H21NO4S/c1-19-14-4-2-3-13(14)15-20(17,18)12-7-5-11(6-8-12)9-10-16/h5-8,13-16H,2-4,9-10H2,1H3. The van der Waals surface area contributed by atoms with E-state index in [-0.39, 0.29) is 23.6 Å². The zero-order chi connectivity index (χ0) is 14.6. The topological polar surface area (TPSA) is 75.6 Å². The van der Waals surface area contributed by atoms with Crippen LogP contribution in [0.15, 0.2) is 29.2 Å². The number of benzene rings is 1. The molecule has 0 bridgehead atoms. The number of hydrogen-bond donors (Lipinski definition) is 2. The van der Waals surface area contributed by atoms with Crippen molar-refractivity contribution in [3.63, 3.8) is 0 Å². The van der Waals surface area contributed by atoms with E-state index in [0.29, 0.717) is 6.42 Å². The molecule has 2 N–H and O–H groups in total. The fourth-order valence-electron chi connectivity index (χ4n) is 2.57. The van der Waals surface area contributed by atoms with Gasteiger partial charge in [-0.15, -0.1) is 0 Å². The molecule has 5 nitrogen and oxygen atoms in total. The van der Waals surface area contributed by atoms with E-state index in [2.05, 4.69) is 4.72 Å². The summed E-state index contributed by atoms with van der Waals surface area (Å²) < 4.78 is 32.6. The van der Waals surface area contributed by atoms with Gasteiger partial charge in [-0.2, -0.15) is 0 Å². The average Bonchev–Trinajstić information content (AvgIpc) is 2.86. The lowest BCUT2D eigenvalue weighted by molar-refractivity contribution is 0.0916. The maximum Gasteiger partial charge on any atom is 0.240 e. The quantitative estimate of drug-likeness (QED) is 0.824. The predicted molar refractivity (Wildman–Crippen MR) is 76.0 cm³/mol. The third-order valence-electron chi connectivity index (χ3n) is 3.70. The number of ether oxygens (including phenoxy) is 1. The largest absolute Gasteiger partial charge is 0.396 e. The van der Waals surface area contributed by atoms with Crippen LogP contribution in [0.3, 0.4) is 0 Å². The van der Waals surface area contributed by atoms with Gasteiger partial charge in [0.05, 0.1) is 11.0 Å². The van der Waals surface area contributed by atoms with Crippen molar-refractivity contribution < 1.29 is 18.3 Å². The van der Waals surface area contributed by atoms with Crippen LogP contribution >= 0.6 is 0 Å². The second kappa shape index (κ2) is 6.67. The molecule has 20 heavy (non-hydrogen) atoms. The average molecular weight is 299 g/mol. The number of methoxy groups -OCH3 is 1. The number of aliphatic hydroxyl groups excluding tert-OH is 1. The minimum atomic E-state index is -3.51. The Labute approximate surface area is 120 Å². The van der Waals surface area contributed by atoms with Crippen LogP contribution in [0, 0.1) is 0 Å². The van der Waals surface area contributed by atoms with Crippen molar-refractivity contribution >= 4 is 10.0 Å². The van der Waals surface area contributed by atoms with Crippen LogP contribution in [-0.2, 0) is 21.2 Å². The molecule has 0 aliphatic heterocycles. The second-order valence-corrected chi connectivity index (χ2v) is 6.76. The number of aliphatic hydroxyl groups is 1. The molecule has 0 aromatic heterocycles. The normalized spacial score (nSPS) is 23.1. The van der Waals surface area contributed by atoms with Gasteiger partial charge in [0.25, 0.3) is 0 Å². The van der Waals surface area contributed by atoms with E-state index in [0.717, 1.165) is 24.8 Å². The fourth-order valence-corrected chi connectivity index (χ4v) is 3.87. The van der Waals surface area contributed by atoms with E-state index >= 15 is 0 Å². The van der Waals surface area contributed by atoms with Crippen molar-refractivity contribution in [2.45, 2.75) is 42.7 Å². The summed E-state index contributed by atoms with van der Waals surface area (Å²) in [5, 5.41) is 8.85. The van der Waals surface area contributed by atoms with Crippen LogP contribution in [0.2, 0.25) is 0 Å². The summed E-state index contributed by atoms with van der Waals surface area (Å²) in [4.78, 5) is 0.251. The molecule has 0 saturated heterocycles. The van der Waals surface area contributed by atoms with Gasteiger partial charge in [0, 0.05) is 19.8 Å². The Morgan fingerprint density at radius 3 is 2.60 bits per heavy atom. The van der Waals surface area contributed by atoms with Crippen molar-refractivity contribution in [3.05, 3.63) is 29.8 Å². The Morgan fingerprint density at radius 2 is 2.00 bits per heavy atom. The number of hydrogen-bond acceptors (Lipinski definition) is 4. The van der Waals surface area contributed by atoms with E-state index in [1.807, 2.05) is 0 Å². The highest BCUT2D eigenvalue weighted by Gasteiger charge is 2.31. The Hall–Kier alpha value is -0.950. The minimum absolute atomic E-state index is 0.0431. The van der Waals surface area contributed by atoms with Gasteiger partial charge >= 0.3 is 0 Å². The van der Waals surface area contributed by atoms with Gasteiger partial charge in [0.2, 0.25) is 10.0 Å². The summed E-state index contributed by atoms with van der Waals surface area (Å²) in [7, 11) is -1.90. The Balaban J connectivity index is 2.09. The summed E-state index contributed by atoms with van der Waals surface area (Å²) in [6.45, 7) is 0.0575. The first-order valence-corrected chi connectivity index (χ1v) is 8.30. The van der Waals surface area contributed by atoms with E-state index < -0.39 is 10.0 Å². The molecule has 1 aliphatic carbocycles. The van der Waals surface area contributed by atoms with Gasteiger partial charge in [-0.25, -0.2) is 13.1 Å². The molecule has 0 radical (unpaired) electrons. The Kier molecular flexibility index (Phi) is 5.15. The molecule has 2 atom stereocenters. The first kappa shape index (κ1) is 15.4. The van der Waals surface area contributed by atoms with Crippen LogP contribution in [-0.4, -0.2) is 39.4 Å². The second-order valence-electron chi connectivity index (χ2n) is 5.05. The highest BCUT2D eigenvalue weighted by atomic mass is 32.2. The molecule has 1 aromatic rings. The maximum absolute atomic E-state index is 12.3. The van der Waals surface area contributed by atoms with Crippen LogP contribution in [0.4, 0.5) is 0 Å². The summed E-state index contributed by atoms with van der Waals surface area (Å²) in [6.07, 6.45) is 3.15. The smallest absolute Gasteiger partial charge is 0.240 e. The van der Waals surface area contributed by atoms with E-state index in [4.69, 9.17) is 9.84 Å². The lowest BCUT2D eigenvalue weighted by Gasteiger charge is -2.19. The molecule has 0 amide bonds. The van der Waals surface area contributed by atoms with Gasteiger partial charge in [-0.1, -0.05) is 12.1 Å². The van der Waals surface area contributed by atoms with Crippen molar-refractivity contribution in [2.24, 2.45) is 0 Å². The molecule has 0 spiro atoms. The van der Waals surface area contributed by atoms with Gasteiger partial charge in [0.15, 0.2) is 0 Å². The molecule has 2 unspecified atom stereocenters. The van der Waals surface area contributed by atoms with Crippen LogP contribution in [0.5, 0.6) is 0 Å². The van der Waals surface area contributed by atoms with Crippen molar-refractivity contribution in [1.29, 1.82) is 0 Å². The van der Waals surface area contributed by atoms with Crippen LogP contribution < -0.4 is 4.72 Å². The van der Waals surface area contributed by atoms with Gasteiger partial charge < -0.3 is 9.84 Å². The minimum Gasteiger partial charge on any atom is -0.396 e. The molecule has 0 heterocycles. The third-order valence-corrected chi connectivity index (χ3v) is 5.20. The molecule has 112 valence electrons. The fraction of sp³-hybridized carbons (Fsp3) is 0.571. The summed E-state index contributed by atoms with van der Waals surface area (Å²) in [5.74, 6) is 0. The highest BCUT2D eigenvalue weighted by Crippen LogP contribution is 2.23. The number of sulfonamides is 1. The number of nitrogens with one attached hydrogen (secondary N) is 1. The van der Waals surface area contributed by atoms with Crippen molar-refractivity contribution in [3.8, 4) is 0 Å². The van der Waals surface area contributed by atoms with Gasteiger partial charge in [0.1, 0.15) is 0 Å². The maximum atomic E-state index is 12.3. The number of rotatable bonds is 6. The first-order chi connectivity index (χ1) is 9.56. The predicted octanol–water partition coefficient (Wildman–Crippen LogP) is 1.07. The molecule has 1 fully saturated rings. The van der Waals surface area contributed by atoms with Crippen molar-refractivity contribution in [2.75, 3.05) is 13.7 Å². The molecule has 1 aliphatic rings. The van der Waals surface area contributed by atoms with Gasteiger partial charge in [-0.3, -0.25) is 0 Å². The zero-order valence-corrected chi connectivity index (χ0v) is 12.4. The molecular weight excluding hydrogens is 278 g/mol. The third kappa shape index (κ3) is 3.58. The van der Waals surface area contributed by atoms with Gasteiger partial charge in [-0.05, 0) is 43.4 Å². The molecular formula is C14H21NO4S. The lowest BCUT2D eigenvalue weighted by Crippen LogP contribution is -2.40. The molecule has 1 saturated carbocycles. The summed E-state index contributed by atoms with van der Waals surface area (Å²) in [6, 6.07) is 6.45. The summed E-state index contributed by atoms with van der Waals surface area (Å²) >= 11 is 0. The lowest BCUT2D eigenvalue weighted by atomic mass is 10.2. The highest BCUT2D eigenvalue weighted by molar-refractivity contribution is 7.89. The Bertz CT molecular complexity index is 527. The Morgan fingerprint density at radius 1 is 1.30 bits per heavy atom. The zero-order valence-electron chi connectivity index (χ0n) is 11.6. The molecule has 1 aromatic carbocycles. The van der Waals surface area contributed by atoms with E-state index in [9.17, 15) is 8.42 Å². The first-order valence-electron chi connectivity index (χ1n) is 6.82. The monoisotopic (exact) mass is 299 g/mol. The van der Waals surface area contributed by atoms with Crippen LogP contribution in [0.1, 0.15) is 24.8 Å². The van der Waals surface area contributed by atoms with E-state index in [1.54, 1.807) is 31.4 Å².